The number of morpholine rings is 1. The van der Waals surface area contributed by atoms with Crippen LogP contribution >= 0.6 is 0 Å². The molecule has 0 amide bonds. The molecule has 0 atom stereocenters. The van der Waals surface area contributed by atoms with Crippen LogP contribution in [0.3, 0.4) is 0 Å². The van der Waals surface area contributed by atoms with Gasteiger partial charge in [-0.1, -0.05) is 0 Å². The van der Waals surface area contributed by atoms with Gasteiger partial charge in [0, 0.05) is 25.7 Å². The number of rotatable bonds is 8. The first-order valence-electron chi connectivity index (χ1n) is 9.42. The summed E-state index contributed by atoms with van der Waals surface area (Å²) in [5.41, 5.74) is 0.559. The van der Waals surface area contributed by atoms with E-state index in [0.29, 0.717) is 18.0 Å². The summed E-state index contributed by atoms with van der Waals surface area (Å²) in [5, 5.41) is 25.7. The predicted molar refractivity (Wildman–Crippen MR) is 108 cm³/mol. The highest BCUT2D eigenvalue weighted by molar-refractivity contribution is 7.89. The molecule has 2 heterocycles. The van der Waals surface area contributed by atoms with Crippen molar-refractivity contribution in [3.05, 3.63) is 24.5 Å². The van der Waals surface area contributed by atoms with E-state index < -0.39 is 22.0 Å². The predicted octanol–water partition coefficient (Wildman–Crippen LogP) is -1.17. The molecule has 32 heavy (non-hydrogen) atoms. The van der Waals surface area contributed by atoms with Crippen molar-refractivity contribution in [2.45, 2.75) is 11.3 Å². The van der Waals surface area contributed by atoms with Crippen molar-refractivity contribution >= 4 is 22.0 Å². The molecule has 0 radical (unpaired) electrons. The van der Waals surface area contributed by atoms with Gasteiger partial charge < -0.3 is 19.7 Å². The lowest BCUT2D eigenvalue weighted by Crippen LogP contribution is -2.38. The molecule has 0 bridgehead atoms. The molecule has 0 saturated carbocycles. The highest BCUT2D eigenvalue weighted by Crippen LogP contribution is 2.25. The number of carboxylic acid groups (broad SMARTS) is 2. The number of benzene rings is 1. The van der Waals surface area contributed by atoms with Crippen LogP contribution in [0.5, 0.6) is 5.75 Å². The zero-order chi connectivity index (χ0) is 23.6. The average molecular weight is 472 g/mol. The van der Waals surface area contributed by atoms with Crippen LogP contribution in [0, 0.1) is 0 Å². The first kappa shape index (κ1) is 25.1. The van der Waals surface area contributed by atoms with E-state index in [4.69, 9.17) is 29.3 Å². The first-order chi connectivity index (χ1) is 15.2. The smallest absolute Gasteiger partial charge is 0.414 e. The van der Waals surface area contributed by atoms with E-state index in [9.17, 15) is 8.42 Å². The number of nitrogens with one attached hydrogen (secondary N) is 1. The third kappa shape index (κ3) is 7.52. The number of aliphatic carboxylic acids is 2. The summed E-state index contributed by atoms with van der Waals surface area (Å²) in [6, 6.07) is 4.57. The first-order valence-corrected chi connectivity index (χ1v) is 10.9. The number of tetrazole rings is 1. The molecule has 0 spiro atoms. The van der Waals surface area contributed by atoms with Crippen LogP contribution in [0.15, 0.2) is 29.4 Å². The number of methoxy groups -OCH3 is 1. The SMILES string of the molecule is COc1cc(S(=O)(=O)NCCCN2CCOCC2)ccc1-n1cnnn1.O=C(O)C(=O)O. The van der Waals surface area contributed by atoms with Gasteiger partial charge in [0.25, 0.3) is 0 Å². The van der Waals surface area contributed by atoms with Gasteiger partial charge in [0.1, 0.15) is 17.8 Å². The van der Waals surface area contributed by atoms with E-state index in [-0.39, 0.29) is 4.90 Å². The maximum atomic E-state index is 12.5. The lowest BCUT2D eigenvalue weighted by molar-refractivity contribution is -0.159. The summed E-state index contributed by atoms with van der Waals surface area (Å²) in [6.07, 6.45) is 2.15. The second kappa shape index (κ2) is 12.0. The van der Waals surface area contributed by atoms with Crippen LogP contribution in [-0.2, 0) is 24.3 Å². The fourth-order valence-corrected chi connectivity index (χ4v) is 3.79. The number of ether oxygens (including phenoxy) is 2. The van der Waals surface area contributed by atoms with Gasteiger partial charge in [-0.05, 0) is 35.5 Å². The Labute approximate surface area is 183 Å². The summed E-state index contributed by atoms with van der Waals surface area (Å²) < 4.78 is 39.6. The molecule has 1 saturated heterocycles. The Bertz CT molecular complexity index is 980. The molecule has 1 fully saturated rings. The number of aromatic nitrogens is 4. The van der Waals surface area contributed by atoms with Crippen LogP contribution < -0.4 is 9.46 Å². The maximum absolute atomic E-state index is 12.5. The largest absolute Gasteiger partial charge is 0.494 e. The molecule has 1 aliphatic rings. The average Bonchev–Trinajstić information content (AvgIpc) is 3.32. The van der Waals surface area contributed by atoms with Crippen molar-refractivity contribution in [2.75, 3.05) is 46.5 Å². The minimum Gasteiger partial charge on any atom is -0.494 e. The lowest BCUT2D eigenvalue weighted by Gasteiger charge is -2.26. The molecule has 3 N–H and O–H groups in total. The summed E-state index contributed by atoms with van der Waals surface area (Å²) in [5.74, 6) is -3.28. The van der Waals surface area contributed by atoms with Crippen molar-refractivity contribution in [1.82, 2.24) is 29.8 Å². The maximum Gasteiger partial charge on any atom is 0.414 e. The summed E-state index contributed by atoms with van der Waals surface area (Å²) in [4.78, 5) is 20.6. The van der Waals surface area contributed by atoms with Crippen LogP contribution in [0.2, 0.25) is 0 Å². The van der Waals surface area contributed by atoms with Gasteiger partial charge in [-0.2, -0.15) is 4.68 Å². The van der Waals surface area contributed by atoms with E-state index >= 15 is 0 Å². The molecule has 15 heteroatoms. The normalized spacial score (nSPS) is 14.3. The quantitative estimate of drug-likeness (QED) is 0.309. The molecule has 14 nitrogen and oxygen atoms in total. The van der Waals surface area contributed by atoms with Crippen LogP contribution in [0.25, 0.3) is 5.69 Å². The number of carboxylic acids is 2. The Kier molecular flexibility index (Phi) is 9.45. The number of sulfonamides is 1. The molecule has 3 rings (SSSR count). The van der Waals surface area contributed by atoms with Crippen molar-refractivity contribution in [3.63, 3.8) is 0 Å². The highest BCUT2D eigenvalue weighted by Gasteiger charge is 2.18. The van der Waals surface area contributed by atoms with Crippen LogP contribution in [0.1, 0.15) is 6.42 Å². The van der Waals surface area contributed by atoms with Crippen molar-refractivity contribution in [3.8, 4) is 11.4 Å². The summed E-state index contributed by atoms with van der Waals surface area (Å²) in [6.45, 7) is 4.47. The monoisotopic (exact) mass is 472 g/mol. The Morgan fingerprint density at radius 3 is 2.47 bits per heavy atom. The fraction of sp³-hybridized carbons (Fsp3) is 0.471. The molecule has 2 aromatic rings. The number of carbonyl (C=O) groups is 2. The van der Waals surface area contributed by atoms with E-state index in [1.165, 1.54) is 30.3 Å². The fourth-order valence-electron chi connectivity index (χ4n) is 2.70. The van der Waals surface area contributed by atoms with E-state index in [0.717, 1.165) is 39.3 Å². The minimum atomic E-state index is -3.62. The third-order valence-corrected chi connectivity index (χ3v) is 5.75. The Morgan fingerprint density at radius 1 is 1.22 bits per heavy atom. The number of hydrogen-bond donors (Lipinski definition) is 3. The van der Waals surface area contributed by atoms with Gasteiger partial charge in [-0.15, -0.1) is 5.10 Å². The Morgan fingerprint density at radius 2 is 1.91 bits per heavy atom. The van der Waals surface area contributed by atoms with E-state index in [1.54, 1.807) is 6.07 Å². The molecular formula is C17H24N6O8S. The zero-order valence-electron chi connectivity index (χ0n) is 17.2. The number of nitrogens with zero attached hydrogens (tertiary/aromatic N) is 5. The second-order valence-electron chi connectivity index (χ2n) is 6.40. The topological polar surface area (TPSA) is 186 Å². The minimum absolute atomic E-state index is 0.137. The molecular weight excluding hydrogens is 448 g/mol. The van der Waals surface area contributed by atoms with Gasteiger partial charge >= 0.3 is 11.9 Å². The van der Waals surface area contributed by atoms with Crippen molar-refractivity contribution < 1.29 is 37.7 Å². The lowest BCUT2D eigenvalue weighted by atomic mass is 10.3. The third-order valence-electron chi connectivity index (χ3n) is 4.29. The van der Waals surface area contributed by atoms with E-state index in [1.807, 2.05) is 0 Å². The molecule has 176 valence electrons. The van der Waals surface area contributed by atoms with Crippen LogP contribution in [-0.4, -0.2) is 102 Å². The standard InChI is InChI=1S/C15H22N6O4S.C2H2O4/c1-24-15-11-13(3-4-14(15)21-12-16-18-19-21)26(22,23)17-5-2-6-20-7-9-25-10-8-20;3-1(4)2(5)6/h3-4,11-12,17H,2,5-10H2,1H3;(H,3,4)(H,5,6). The van der Waals surface area contributed by atoms with Gasteiger partial charge in [0.2, 0.25) is 10.0 Å². The summed E-state index contributed by atoms with van der Waals surface area (Å²) in [7, 11) is -2.15. The van der Waals surface area contributed by atoms with Gasteiger partial charge in [-0.25, -0.2) is 22.7 Å². The van der Waals surface area contributed by atoms with Gasteiger partial charge in [0.15, 0.2) is 0 Å². The molecule has 0 unspecified atom stereocenters. The Balaban J connectivity index is 0.000000534. The molecule has 1 aliphatic heterocycles. The van der Waals surface area contributed by atoms with Gasteiger partial charge in [-0.3, -0.25) is 4.90 Å². The Hall–Kier alpha value is -3.14. The highest BCUT2D eigenvalue weighted by atomic mass is 32.2. The van der Waals surface area contributed by atoms with Crippen molar-refractivity contribution in [2.24, 2.45) is 0 Å². The molecule has 1 aromatic heterocycles. The van der Waals surface area contributed by atoms with E-state index in [2.05, 4.69) is 25.1 Å². The molecule has 1 aromatic carbocycles. The summed E-state index contributed by atoms with van der Waals surface area (Å²) >= 11 is 0. The number of hydrogen-bond acceptors (Lipinski definition) is 10. The van der Waals surface area contributed by atoms with Gasteiger partial charge in [0.05, 0.1) is 25.2 Å². The molecule has 0 aliphatic carbocycles. The van der Waals surface area contributed by atoms with Crippen LogP contribution in [0.4, 0.5) is 0 Å². The second-order valence-corrected chi connectivity index (χ2v) is 8.17. The van der Waals surface area contributed by atoms with Crippen molar-refractivity contribution in [1.29, 1.82) is 0 Å². The zero-order valence-corrected chi connectivity index (χ0v) is 18.1.